The van der Waals surface area contributed by atoms with Crippen LogP contribution >= 0.6 is 0 Å². The number of carbonyl (C=O) groups excluding carboxylic acids is 2. The van der Waals surface area contributed by atoms with Crippen LogP contribution in [-0.2, 0) is 32.5 Å². The van der Waals surface area contributed by atoms with Gasteiger partial charge in [-0.2, -0.15) is 0 Å². The minimum Gasteiger partial charge on any atom is -0.468 e. The molecule has 0 bridgehead atoms. The summed E-state index contributed by atoms with van der Waals surface area (Å²) in [7, 11) is 4.22. The molecule has 0 atom stereocenters. The van der Waals surface area contributed by atoms with E-state index < -0.39 is 17.4 Å². The number of ether oxygens (including phenoxy) is 2. The quantitative estimate of drug-likeness (QED) is 0.459. The van der Waals surface area contributed by atoms with Crippen LogP contribution in [0.3, 0.4) is 0 Å². The number of allylic oxidation sites excluding steroid dienone is 1. The van der Waals surface area contributed by atoms with E-state index in [0.717, 1.165) is 5.52 Å². The molecule has 25 heavy (non-hydrogen) atoms. The number of hydrogen-bond donors (Lipinski definition) is 0. The molecule has 0 spiro atoms. The van der Waals surface area contributed by atoms with Crippen molar-refractivity contribution < 1.29 is 23.5 Å². The first-order valence-electron chi connectivity index (χ1n) is 7.64. The summed E-state index contributed by atoms with van der Waals surface area (Å²) >= 11 is 0. The van der Waals surface area contributed by atoms with E-state index in [1.54, 1.807) is 19.2 Å². The van der Waals surface area contributed by atoms with E-state index in [2.05, 4.69) is 12.3 Å². The lowest BCUT2D eigenvalue weighted by atomic mass is 9.79. The fourth-order valence-corrected chi connectivity index (χ4v) is 2.96. The Morgan fingerprint density at radius 2 is 1.92 bits per heavy atom. The van der Waals surface area contributed by atoms with Crippen molar-refractivity contribution >= 4 is 22.8 Å². The van der Waals surface area contributed by atoms with Gasteiger partial charge in [0.05, 0.1) is 14.2 Å². The number of rotatable bonds is 6. The molecule has 0 saturated heterocycles. The second-order valence-corrected chi connectivity index (χ2v) is 5.75. The lowest BCUT2D eigenvalue weighted by Gasteiger charge is -2.27. The van der Waals surface area contributed by atoms with Crippen molar-refractivity contribution in [2.45, 2.75) is 12.8 Å². The van der Waals surface area contributed by atoms with Gasteiger partial charge in [0.2, 0.25) is 0 Å². The SMILES string of the molecule is C=C=CCC(Cc1cc2cc(F)ccc2n1C)(C(=O)OC)C(=O)OC. The molecule has 5 nitrogen and oxygen atoms in total. The molecule has 0 aliphatic carbocycles. The first-order valence-corrected chi connectivity index (χ1v) is 7.64. The first kappa shape index (κ1) is 18.5. The average molecular weight is 345 g/mol. The van der Waals surface area contributed by atoms with E-state index in [1.165, 1.54) is 32.4 Å². The Kier molecular flexibility index (Phi) is 5.45. The van der Waals surface area contributed by atoms with Crippen LogP contribution in [0.15, 0.2) is 42.7 Å². The van der Waals surface area contributed by atoms with Crippen LogP contribution in [0.25, 0.3) is 10.9 Å². The van der Waals surface area contributed by atoms with Gasteiger partial charge in [-0.3, -0.25) is 9.59 Å². The summed E-state index contributed by atoms with van der Waals surface area (Å²) in [4.78, 5) is 24.9. The molecule has 2 aromatic rings. The predicted octanol–water partition coefficient (Wildman–Crippen LogP) is 2.92. The van der Waals surface area contributed by atoms with Crippen molar-refractivity contribution in [3.63, 3.8) is 0 Å². The summed E-state index contributed by atoms with van der Waals surface area (Å²) < 4.78 is 25.0. The Morgan fingerprint density at radius 1 is 1.28 bits per heavy atom. The maximum absolute atomic E-state index is 13.5. The minimum atomic E-state index is -1.56. The van der Waals surface area contributed by atoms with Gasteiger partial charge in [-0.15, -0.1) is 5.73 Å². The lowest BCUT2D eigenvalue weighted by Crippen LogP contribution is -2.43. The number of carbonyl (C=O) groups is 2. The van der Waals surface area contributed by atoms with Crippen LogP contribution in [0.2, 0.25) is 0 Å². The molecule has 0 N–H and O–H groups in total. The predicted molar refractivity (Wildman–Crippen MR) is 91.4 cm³/mol. The van der Waals surface area contributed by atoms with E-state index in [0.29, 0.717) is 11.1 Å². The molecule has 0 radical (unpaired) electrons. The third-order valence-corrected chi connectivity index (χ3v) is 4.33. The molecule has 0 fully saturated rings. The van der Waals surface area contributed by atoms with Gasteiger partial charge in [-0.1, -0.05) is 6.58 Å². The standard InChI is InChI=1S/C19H20FNO4/c1-5-6-9-19(17(22)24-3,18(23)25-4)12-15-11-13-10-14(20)7-8-16(13)21(15)2/h6-8,10-11H,1,9,12H2,2-4H3. The van der Waals surface area contributed by atoms with E-state index in [-0.39, 0.29) is 18.7 Å². The number of esters is 2. The number of aromatic nitrogens is 1. The van der Waals surface area contributed by atoms with Crippen LogP contribution < -0.4 is 0 Å². The maximum atomic E-state index is 13.5. The molecule has 0 aliphatic rings. The first-order chi connectivity index (χ1) is 11.9. The highest BCUT2D eigenvalue weighted by molar-refractivity contribution is 6.00. The Balaban J connectivity index is 2.59. The highest BCUT2D eigenvalue weighted by Gasteiger charge is 2.48. The molecule has 2 rings (SSSR count). The zero-order chi connectivity index (χ0) is 18.6. The summed E-state index contributed by atoms with van der Waals surface area (Å²) in [5, 5.41) is 0.681. The van der Waals surface area contributed by atoms with E-state index in [4.69, 9.17) is 9.47 Å². The summed E-state index contributed by atoms with van der Waals surface area (Å²) in [6.45, 7) is 3.47. The average Bonchev–Trinajstić information content (AvgIpc) is 2.91. The molecule has 0 aliphatic heterocycles. The van der Waals surface area contributed by atoms with E-state index >= 15 is 0 Å². The maximum Gasteiger partial charge on any atom is 0.323 e. The lowest BCUT2D eigenvalue weighted by molar-refractivity contribution is -0.169. The van der Waals surface area contributed by atoms with Gasteiger partial charge >= 0.3 is 11.9 Å². The highest BCUT2D eigenvalue weighted by atomic mass is 19.1. The van der Waals surface area contributed by atoms with Crippen molar-refractivity contribution in [1.82, 2.24) is 4.57 Å². The fraction of sp³-hybridized carbons (Fsp3) is 0.316. The van der Waals surface area contributed by atoms with Crippen molar-refractivity contribution in [3.05, 3.63) is 54.2 Å². The number of hydrogen-bond acceptors (Lipinski definition) is 4. The molecular weight excluding hydrogens is 325 g/mol. The molecule has 1 aromatic carbocycles. The largest absolute Gasteiger partial charge is 0.468 e. The van der Waals surface area contributed by atoms with E-state index in [1.807, 2.05) is 4.57 Å². The van der Waals surface area contributed by atoms with Crippen LogP contribution in [-0.4, -0.2) is 30.7 Å². The van der Waals surface area contributed by atoms with Crippen LogP contribution in [0.5, 0.6) is 0 Å². The number of benzene rings is 1. The molecule has 1 heterocycles. The summed E-state index contributed by atoms with van der Waals surface area (Å²) in [5.74, 6) is -1.77. The van der Waals surface area contributed by atoms with Crippen LogP contribution in [0.4, 0.5) is 4.39 Å². The monoisotopic (exact) mass is 345 g/mol. The topological polar surface area (TPSA) is 57.5 Å². The smallest absolute Gasteiger partial charge is 0.323 e. The van der Waals surface area contributed by atoms with Crippen molar-refractivity contribution in [3.8, 4) is 0 Å². The molecule has 132 valence electrons. The molecule has 6 heteroatoms. The second-order valence-electron chi connectivity index (χ2n) is 5.75. The van der Waals surface area contributed by atoms with Gasteiger partial charge < -0.3 is 14.0 Å². The van der Waals surface area contributed by atoms with Crippen molar-refractivity contribution in [2.24, 2.45) is 12.5 Å². The van der Waals surface area contributed by atoms with Crippen LogP contribution in [0, 0.1) is 11.2 Å². The normalized spacial score (nSPS) is 11.0. The molecule has 1 aromatic heterocycles. The minimum absolute atomic E-state index is 0.0335. The molecule has 0 unspecified atom stereocenters. The van der Waals surface area contributed by atoms with Crippen molar-refractivity contribution in [2.75, 3.05) is 14.2 Å². The number of aryl methyl sites for hydroxylation is 1. The highest BCUT2D eigenvalue weighted by Crippen LogP contribution is 2.33. The third-order valence-electron chi connectivity index (χ3n) is 4.33. The van der Waals surface area contributed by atoms with Crippen LogP contribution in [0.1, 0.15) is 12.1 Å². The van der Waals surface area contributed by atoms with Gasteiger partial charge in [0, 0.05) is 36.5 Å². The number of halogens is 1. The van der Waals surface area contributed by atoms with Gasteiger partial charge in [-0.25, -0.2) is 4.39 Å². The summed E-state index contributed by atoms with van der Waals surface area (Å²) in [6.07, 6.45) is 1.57. The summed E-state index contributed by atoms with van der Waals surface area (Å²) in [6, 6.07) is 6.16. The number of methoxy groups -OCH3 is 2. The zero-order valence-electron chi connectivity index (χ0n) is 14.5. The molecule has 0 amide bonds. The number of fused-ring (bicyclic) bond motifs is 1. The zero-order valence-corrected chi connectivity index (χ0v) is 14.5. The molecular formula is C19H20FNO4. The van der Waals surface area contributed by atoms with Crippen molar-refractivity contribution in [1.29, 1.82) is 0 Å². The Hall–Kier alpha value is -2.85. The fourth-order valence-electron chi connectivity index (χ4n) is 2.96. The van der Waals surface area contributed by atoms with Gasteiger partial charge in [0.25, 0.3) is 0 Å². The van der Waals surface area contributed by atoms with Gasteiger partial charge in [0.15, 0.2) is 5.41 Å². The van der Waals surface area contributed by atoms with Gasteiger partial charge in [-0.05, 0) is 30.3 Å². The Labute approximate surface area is 145 Å². The molecule has 0 saturated carbocycles. The Morgan fingerprint density at radius 3 is 2.48 bits per heavy atom. The Bertz CT molecular complexity index is 846. The van der Waals surface area contributed by atoms with E-state index in [9.17, 15) is 14.0 Å². The van der Waals surface area contributed by atoms with Gasteiger partial charge in [0.1, 0.15) is 5.82 Å². The summed E-state index contributed by atoms with van der Waals surface area (Å²) in [5.41, 5.74) is 2.47. The third kappa shape index (κ3) is 3.35. The second kappa shape index (κ2) is 7.36. The number of nitrogens with zero attached hydrogens (tertiary/aromatic N) is 1.